The Bertz CT molecular complexity index is 1000. The minimum absolute atomic E-state index is 0.0655. The lowest BCUT2D eigenvalue weighted by Gasteiger charge is -2.30. The first-order valence-corrected chi connectivity index (χ1v) is 10.4. The van der Waals surface area contributed by atoms with Gasteiger partial charge in [-0.05, 0) is 45.4 Å². The highest BCUT2D eigenvalue weighted by atomic mass is 35.5. The van der Waals surface area contributed by atoms with Gasteiger partial charge in [-0.3, -0.25) is 4.68 Å². The molecule has 0 spiro atoms. The van der Waals surface area contributed by atoms with Gasteiger partial charge < -0.3 is 14.7 Å². The number of hydrogen-bond donors (Lipinski definition) is 1. The van der Waals surface area contributed by atoms with Gasteiger partial charge in [0.15, 0.2) is 11.0 Å². The van der Waals surface area contributed by atoms with E-state index in [2.05, 4.69) is 4.98 Å². The summed E-state index contributed by atoms with van der Waals surface area (Å²) in [5.41, 5.74) is 0.620. The lowest BCUT2D eigenvalue weighted by Crippen LogP contribution is -2.44. The minimum Gasteiger partial charge on any atom is -0.444 e. The molecule has 0 unspecified atom stereocenters. The van der Waals surface area contributed by atoms with Crippen LogP contribution in [0.25, 0.3) is 10.9 Å². The van der Waals surface area contributed by atoms with Crippen LogP contribution in [-0.4, -0.2) is 55.7 Å². The van der Waals surface area contributed by atoms with Crippen LogP contribution in [0.3, 0.4) is 0 Å². The molecule has 1 saturated heterocycles. The van der Waals surface area contributed by atoms with Crippen LogP contribution in [0.2, 0.25) is 5.15 Å². The van der Waals surface area contributed by atoms with Crippen molar-refractivity contribution in [3.05, 3.63) is 22.9 Å². The maximum Gasteiger partial charge on any atom is 0.410 e. The van der Waals surface area contributed by atoms with Crippen molar-refractivity contribution in [3.8, 4) is 0 Å². The molecule has 7 nitrogen and oxygen atoms in total. The fourth-order valence-corrected chi connectivity index (χ4v) is 4.92. The number of aromatic nitrogens is 3. The number of aliphatic hydroxyl groups excluding tert-OH is 1. The molecule has 2 saturated carbocycles. The van der Waals surface area contributed by atoms with Crippen LogP contribution in [0.4, 0.5) is 9.18 Å². The van der Waals surface area contributed by atoms with Crippen LogP contribution in [0.1, 0.15) is 51.3 Å². The molecular formula is C20H24ClFN4O3. The molecule has 5 rings (SSSR count). The molecule has 2 aliphatic carbocycles. The molecule has 2 aromatic rings. The van der Waals surface area contributed by atoms with Crippen molar-refractivity contribution in [2.75, 3.05) is 13.2 Å². The van der Waals surface area contributed by atoms with Crippen LogP contribution >= 0.6 is 11.6 Å². The van der Waals surface area contributed by atoms with Crippen LogP contribution in [0.15, 0.2) is 6.20 Å². The Morgan fingerprint density at radius 2 is 2.14 bits per heavy atom. The van der Waals surface area contributed by atoms with Crippen molar-refractivity contribution in [1.29, 1.82) is 0 Å². The summed E-state index contributed by atoms with van der Waals surface area (Å²) in [6.07, 6.45) is 3.13. The summed E-state index contributed by atoms with van der Waals surface area (Å²) < 4.78 is 22.0. The summed E-state index contributed by atoms with van der Waals surface area (Å²) >= 11 is 5.92. The third-order valence-electron chi connectivity index (χ3n) is 6.18. The lowest BCUT2D eigenvalue weighted by atomic mass is 10.1. The second-order valence-corrected chi connectivity index (χ2v) is 9.69. The second kappa shape index (κ2) is 6.28. The first-order chi connectivity index (χ1) is 13.7. The van der Waals surface area contributed by atoms with E-state index in [4.69, 9.17) is 21.4 Å². The molecule has 0 radical (unpaired) electrons. The molecular weight excluding hydrogens is 399 g/mol. The van der Waals surface area contributed by atoms with Gasteiger partial charge in [0.1, 0.15) is 11.1 Å². The second-order valence-electron chi connectivity index (χ2n) is 9.34. The summed E-state index contributed by atoms with van der Waals surface area (Å²) in [4.78, 5) is 18.1. The minimum atomic E-state index is -0.592. The smallest absolute Gasteiger partial charge is 0.410 e. The van der Waals surface area contributed by atoms with Gasteiger partial charge in [-0.15, -0.1) is 0 Å². The van der Waals surface area contributed by atoms with E-state index in [9.17, 15) is 14.3 Å². The summed E-state index contributed by atoms with van der Waals surface area (Å²) in [5, 5.41) is 15.3. The topological polar surface area (TPSA) is 80.5 Å². The predicted molar refractivity (Wildman–Crippen MR) is 104 cm³/mol. The standard InChI is InChI=1S/C20H24ClFN4O3/c1-20(2,3)29-19(28)25-7-11-13(12(25)8-27)14(11)16-10-6-23-18(21)15(22)17(10)26(24-16)9-4-5-9/h6,9,11-14,27H,4-5,7-8H2,1-3H3/t11-,12+,13-,14+/m0/s1. The first kappa shape index (κ1) is 19.1. The predicted octanol–water partition coefficient (Wildman–Crippen LogP) is 3.50. The number of aliphatic hydroxyl groups is 1. The highest BCUT2D eigenvalue weighted by Gasteiger charge is 2.64. The quantitative estimate of drug-likeness (QED) is 0.766. The molecule has 9 heteroatoms. The number of carbonyl (C=O) groups excluding carboxylic acids is 1. The summed E-state index contributed by atoms with van der Waals surface area (Å²) in [6.45, 7) is 5.82. The molecule has 29 heavy (non-hydrogen) atoms. The maximum atomic E-state index is 14.7. The van der Waals surface area contributed by atoms with Gasteiger partial charge in [-0.25, -0.2) is 14.2 Å². The van der Waals surface area contributed by atoms with E-state index in [0.29, 0.717) is 17.4 Å². The largest absolute Gasteiger partial charge is 0.444 e. The summed E-state index contributed by atoms with van der Waals surface area (Å²) in [6, 6.07) is -0.129. The van der Waals surface area contributed by atoms with Crippen molar-refractivity contribution < 1.29 is 19.0 Å². The van der Waals surface area contributed by atoms with Crippen molar-refractivity contribution in [2.45, 2.75) is 57.2 Å². The average Bonchev–Trinajstić information content (AvgIpc) is 3.54. The molecule has 1 N–H and O–H groups in total. The molecule has 4 atom stereocenters. The van der Waals surface area contributed by atoms with Crippen molar-refractivity contribution in [3.63, 3.8) is 0 Å². The lowest BCUT2D eigenvalue weighted by molar-refractivity contribution is 0.0127. The zero-order chi connectivity index (χ0) is 20.7. The van der Waals surface area contributed by atoms with Crippen LogP contribution in [0.5, 0.6) is 0 Å². The van der Waals surface area contributed by atoms with E-state index >= 15 is 0 Å². The summed E-state index contributed by atoms with van der Waals surface area (Å²) in [5.74, 6) is -0.216. The maximum absolute atomic E-state index is 14.7. The molecule has 2 aromatic heterocycles. The zero-order valence-corrected chi connectivity index (χ0v) is 17.4. The molecule has 0 aromatic carbocycles. The van der Waals surface area contributed by atoms with Gasteiger partial charge >= 0.3 is 6.09 Å². The molecule has 3 heterocycles. The van der Waals surface area contributed by atoms with E-state index in [1.807, 2.05) is 20.8 Å². The molecule has 3 aliphatic rings. The number of carbonyl (C=O) groups is 1. The fraction of sp³-hybridized carbons (Fsp3) is 0.650. The van der Waals surface area contributed by atoms with Crippen molar-refractivity contribution >= 4 is 28.6 Å². The van der Waals surface area contributed by atoms with Crippen LogP contribution in [-0.2, 0) is 4.74 Å². The Kier molecular flexibility index (Phi) is 4.13. The molecule has 1 aliphatic heterocycles. The van der Waals surface area contributed by atoms with Gasteiger partial charge in [0.25, 0.3) is 0 Å². The monoisotopic (exact) mass is 422 g/mol. The number of fused-ring (bicyclic) bond motifs is 2. The Balaban J connectivity index is 1.46. The number of pyridine rings is 1. The number of ether oxygens (including phenoxy) is 1. The van der Waals surface area contributed by atoms with Crippen molar-refractivity contribution in [2.24, 2.45) is 11.8 Å². The van der Waals surface area contributed by atoms with E-state index < -0.39 is 17.5 Å². The third-order valence-corrected chi connectivity index (χ3v) is 6.44. The van der Waals surface area contributed by atoms with Gasteiger partial charge in [0, 0.05) is 24.0 Å². The van der Waals surface area contributed by atoms with E-state index in [1.165, 1.54) is 0 Å². The normalized spacial score (nSPS) is 28.7. The number of piperidine rings is 1. The molecule has 3 fully saturated rings. The Labute approximate surface area is 172 Å². The number of nitrogens with zero attached hydrogens (tertiary/aromatic N) is 4. The van der Waals surface area contributed by atoms with Crippen molar-refractivity contribution in [1.82, 2.24) is 19.7 Å². The number of halogens is 2. The average molecular weight is 423 g/mol. The van der Waals surface area contributed by atoms with E-state index in [-0.39, 0.29) is 41.6 Å². The number of hydrogen-bond acceptors (Lipinski definition) is 5. The highest BCUT2D eigenvalue weighted by Crippen LogP contribution is 2.62. The van der Waals surface area contributed by atoms with Crippen LogP contribution in [0, 0.1) is 17.7 Å². The fourth-order valence-electron chi connectivity index (χ4n) is 4.78. The Hall–Kier alpha value is -1.93. The number of likely N-dealkylation sites (tertiary alicyclic amines) is 1. The first-order valence-electron chi connectivity index (χ1n) is 10.0. The van der Waals surface area contributed by atoms with Gasteiger partial charge in [-0.2, -0.15) is 5.10 Å². The zero-order valence-electron chi connectivity index (χ0n) is 16.6. The Morgan fingerprint density at radius 1 is 1.41 bits per heavy atom. The number of rotatable bonds is 3. The van der Waals surface area contributed by atoms with E-state index in [0.717, 1.165) is 18.5 Å². The third kappa shape index (κ3) is 2.99. The SMILES string of the molecule is CC(C)(C)OC(=O)N1C[C@@H]2[C@@H](c3nn(C4CC4)c4c(F)c(Cl)ncc34)[C@@H]2[C@H]1CO. The Morgan fingerprint density at radius 3 is 2.76 bits per heavy atom. The van der Waals surface area contributed by atoms with Crippen LogP contribution < -0.4 is 0 Å². The summed E-state index contributed by atoms with van der Waals surface area (Å²) in [7, 11) is 0. The van der Waals surface area contributed by atoms with Gasteiger partial charge in [0.05, 0.1) is 24.4 Å². The molecule has 1 amide bonds. The van der Waals surface area contributed by atoms with E-state index in [1.54, 1.807) is 15.8 Å². The van der Waals surface area contributed by atoms with Gasteiger partial charge in [-0.1, -0.05) is 11.6 Å². The molecule has 156 valence electrons. The molecule has 0 bridgehead atoms. The van der Waals surface area contributed by atoms with Gasteiger partial charge in [0.2, 0.25) is 0 Å². The number of amides is 1. The highest BCUT2D eigenvalue weighted by molar-refractivity contribution is 6.30.